The molecule has 0 radical (unpaired) electrons. The number of aromatic nitrogens is 2. The zero-order valence-electron chi connectivity index (χ0n) is 12.8. The molecule has 3 rings (SSSR count). The van der Waals surface area contributed by atoms with E-state index >= 15 is 0 Å². The Hall–Kier alpha value is -2.52. The molecule has 0 bridgehead atoms. The quantitative estimate of drug-likeness (QED) is 0.841. The van der Waals surface area contributed by atoms with Gasteiger partial charge in [-0.3, -0.25) is 4.79 Å². The van der Waals surface area contributed by atoms with E-state index in [0.717, 1.165) is 19.3 Å². The average molecular weight is 348 g/mol. The standard InChI is InChI=1S/C15H16N4O4S/c16-15(20)13-3-1-11(9-17-13)24(21,22)12-2-4-14(18-10-12)19-5-7-23-8-6-19/h1-4,9-10H,5-8H2,(H2,16,20). The van der Waals surface area contributed by atoms with E-state index in [9.17, 15) is 13.2 Å². The molecule has 2 aromatic heterocycles. The van der Waals surface area contributed by atoms with Crippen molar-refractivity contribution in [1.29, 1.82) is 0 Å². The topological polar surface area (TPSA) is 115 Å². The van der Waals surface area contributed by atoms with Crippen LogP contribution in [0.1, 0.15) is 10.5 Å². The molecule has 0 spiro atoms. The van der Waals surface area contributed by atoms with Crippen LogP contribution in [0.5, 0.6) is 0 Å². The number of pyridine rings is 2. The first-order valence-corrected chi connectivity index (χ1v) is 8.76. The lowest BCUT2D eigenvalue weighted by molar-refractivity contribution is 0.0995. The molecule has 0 unspecified atom stereocenters. The van der Waals surface area contributed by atoms with Gasteiger partial charge < -0.3 is 15.4 Å². The molecule has 1 aliphatic rings. The third kappa shape index (κ3) is 3.22. The van der Waals surface area contributed by atoms with E-state index in [-0.39, 0.29) is 15.5 Å². The van der Waals surface area contributed by atoms with Gasteiger partial charge in [-0.1, -0.05) is 0 Å². The van der Waals surface area contributed by atoms with Crippen molar-refractivity contribution in [3.63, 3.8) is 0 Å². The van der Waals surface area contributed by atoms with E-state index in [2.05, 4.69) is 9.97 Å². The highest BCUT2D eigenvalue weighted by molar-refractivity contribution is 7.91. The molecule has 1 saturated heterocycles. The van der Waals surface area contributed by atoms with Gasteiger partial charge in [0.05, 0.1) is 23.0 Å². The lowest BCUT2D eigenvalue weighted by Crippen LogP contribution is -2.36. The molecular weight excluding hydrogens is 332 g/mol. The third-order valence-electron chi connectivity index (χ3n) is 3.67. The van der Waals surface area contributed by atoms with Gasteiger partial charge in [0, 0.05) is 25.5 Å². The number of sulfone groups is 1. The molecule has 2 aromatic rings. The Morgan fingerprint density at radius 3 is 2.17 bits per heavy atom. The molecule has 1 fully saturated rings. The average Bonchev–Trinajstić information content (AvgIpc) is 2.62. The zero-order chi connectivity index (χ0) is 17.2. The van der Waals surface area contributed by atoms with Crippen LogP contribution in [0.3, 0.4) is 0 Å². The Bertz CT molecular complexity index is 829. The minimum Gasteiger partial charge on any atom is -0.378 e. The van der Waals surface area contributed by atoms with Crippen LogP contribution in [0.15, 0.2) is 46.5 Å². The molecule has 3 heterocycles. The maximum absolute atomic E-state index is 12.6. The minimum absolute atomic E-state index is 0.00902. The molecule has 24 heavy (non-hydrogen) atoms. The number of anilines is 1. The molecule has 1 aliphatic heterocycles. The smallest absolute Gasteiger partial charge is 0.267 e. The second kappa shape index (κ2) is 6.54. The van der Waals surface area contributed by atoms with Gasteiger partial charge in [0.1, 0.15) is 11.5 Å². The highest BCUT2D eigenvalue weighted by atomic mass is 32.2. The molecule has 2 N–H and O–H groups in total. The molecule has 0 atom stereocenters. The number of morpholine rings is 1. The number of hydrogen-bond acceptors (Lipinski definition) is 7. The van der Waals surface area contributed by atoms with E-state index in [4.69, 9.17) is 10.5 Å². The first kappa shape index (κ1) is 16.3. The SMILES string of the molecule is NC(=O)c1ccc(S(=O)(=O)c2ccc(N3CCOCC3)nc2)cn1. The second-order valence-electron chi connectivity index (χ2n) is 5.20. The summed E-state index contributed by atoms with van der Waals surface area (Å²) in [7, 11) is -3.75. The van der Waals surface area contributed by atoms with Crippen molar-refractivity contribution in [3.05, 3.63) is 42.4 Å². The van der Waals surface area contributed by atoms with Gasteiger partial charge >= 0.3 is 0 Å². The Kier molecular flexibility index (Phi) is 4.45. The maximum atomic E-state index is 12.6. The fourth-order valence-corrected chi connectivity index (χ4v) is 3.48. The number of hydrogen-bond donors (Lipinski definition) is 1. The van der Waals surface area contributed by atoms with Crippen LogP contribution < -0.4 is 10.6 Å². The fraction of sp³-hybridized carbons (Fsp3) is 0.267. The molecular formula is C15H16N4O4S. The first-order valence-electron chi connectivity index (χ1n) is 7.28. The van der Waals surface area contributed by atoms with E-state index in [0.29, 0.717) is 19.0 Å². The number of carbonyl (C=O) groups excluding carboxylic acids is 1. The second-order valence-corrected chi connectivity index (χ2v) is 7.15. The molecule has 126 valence electrons. The summed E-state index contributed by atoms with van der Waals surface area (Å²) < 4.78 is 30.4. The van der Waals surface area contributed by atoms with E-state index < -0.39 is 15.7 Å². The number of amides is 1. The van der Waals surface area contributed by atoms with Crippen molar-refractivity contribution in [2.24, 2.45) is 5.73 Å². The highest BCUT2D eigenvalue weighted by Gasteiger charge is 2.20. The first-order chi connectivity index (χ1) is 11.5. The van der Waals surface area contributed by atoms with Gasteiger partial charge in [-0.15, -0.1) is 0 Å². The predicted molar refractivity (Wildman–Crippen MR) is 85.5 cm³/mol. The van der Waals surface area contributed by atoms with Gasteiger partial charge in [-0.25, -0.2) is 18.4 Å². The number of nitrogens with two attached hydrogens (primary N) is 1. The summed E-state index contributed by atoms with van der Waals surface area (Å²) in [6, 6.07) is 5.77. The van der Waals surface area contributed by atoms with Crippen LogP contribution >= 0.6 is 0 Å². The number of carbonyl (C=O) groups is 1. The number of nitrogens with zero attached hydrogens (tertiary/aromatic N) is 3. The van der Waals surface area contributed by atoms with Crippen molar-refractivity contribution in [2.45, 2.75) is 9.79 Å². The van der Waals surface area contributed by atoms with Gasteiger partial charge in [-0.2, -0.15) is 0 Å². The molecule has 8 nitrogen and oxygen atoms in total. The summed E-state index contributed by atoms with van der Waals surface area (Å²) in [5, 5.41) is 0. The molecule has 0 aliphatic carbocycles. The van der Waals surface area contributed by atoms with Gasteiger partial charge in [0.2, 0.25) is 9.84 Å². The van der Waals surface area contributed by atoms with Crippen LogP contribution in [0.4, 0.5) is 5.82 Å². The summed E-state index contributed by atoms with van der Waals surface area (Å²) >= 11 is 0. The predicted octanol–water partition coefficient (Wildman–Crippen LogP) is 0.245. The van der Waals surface area contributed by atoms with E-state index in [1.54, 1.807) is 6.07 Å². The Balaban J connectivity index is 1.85. The Morgan fingerprint density at radius 1 is 1.04 bits per heavy atom. The number of rotatable bonds is 4. The third-order valence-corrected chi connectivity index (χ3v) is 5.39. The Labute approximate surface area is 139 Å². The summed E-state index contributed by atoms with van der Waals surface area (Å²) in [6.45, 7) is 2.69. The van der Waals surface area contributed by atoms with E-state index in [1.807, 2.05) is 4.90 Å². The molecule has 9 heteroatoms. The maximum Gasteiger partial charge on any atom is 0.267 e. The van der Waals surface area contributed by atoms with Crippen LogP contribution in [-0.2, 0) is 14.6 Å². The lowest BCUT2D eigenvalue weighted by Gasteiger charge is -2.27. The van der Waals surface area contributed by atoms with Crippen molar-refractivity contribution in [1.82, 2.24) is 9.97 Å². The summed E-state index contributed by atoms with van der Waals surface area (Å²) in [4.78, 5) is 21.1. The van der Waals surface area contributed by atoms with Crippen LogP contribution in [0, 0.1) is 0 Å². The highest BCUT2D eigenvalue weighted by Crippen LogP contribution is 2.22. The van der Waals surface area contributed by atoms with Gasteiger partial charge in [0.25, 0.3) is 5.91 Å². The summed E-state index contributed by atoms with van der Waals surface area (Å²) in [5.41, 5.74) is 5.11. The Morgan fingerprint density at radius 2 is 1.67 bits per heavy atom. The van der Waals surface area contributed by atoms with E-state index in [1.165, 1.54) is 24.4 Å². The summed E-state index contributed by atoms with van der Waals surface area (Å²) in [6.07, 6.45) is 2.44. The lowest BCUT2D eigenvalue weighted by atomic mass is 10.3. The zero-order valence-corrected chi connectivity index (χ0v) is 13.6. The number of primary amides is 1. The van der Waals surface area contributed by atoms with Crippen LogP contribution in [-0.4, -0.2) is 50.6 Å². The normalized spacial score (nSPS) is 15.2. The molecule has 1 amide bonds. The summed E-state index contributed by atoms with van der Waals surface area (Å²) in [5.74, 6) is -0.00469. The van der Waals surface area contributed by atoms with Crippen molar-refractivity contribution >= 4 is 21.6 Å². The van der Waals surface area contributed by atoms with Crippen LogP contribution in [0.25, 0.3) is 0 Å². The largest absolute Gasteiger partial charge is 0.378 e. The van der Waals surface area contributed by atoms with Gasteiger partial charge in [0.15, 0.2) is 0 Å². The van der Waals surface area contributed by atoms with Crippen molar-refractivity contribution in [2.75, 3.05) is 31.2 Å². The monoisotopic (exact) mass is 348 g/mol. The fourth-order valence-electron chi connectivity index (χ4n) is 2.33. The minimum atomic E-state index is -3.75. The van der Waals surface area contributed by atoms with Crippen LogP contribution in [0.2, 0.25) is 0 Å². The molecule has 0 saturated carbocycles. The van der Waals surface area contributed by atoms with Crippen molar-refractivity contribution < 1.29 is 17.9 Å². The molecule has 0 aromatic carbocycles. The van der Waals surface area contributed by atoms with Crippen molar-refractivity contribution in [3.8, 4) is 0 Å². The number of ether oxygens (including phenoxy) is 1. The van der Waals surface area contributed by atoms with Gasteiger partial charge in [-0.05, 0) is 24.3 Å².